The van der Waals surface area contributed by atoms with Gasteiger partial charge in [0.25, 0.3) is 5.91 Å². The van der Waals surface area contributed by atoms with Crippen LogP contribution in [-0.4, -0.2) is 28.3 Å². The van der Waals surface area contributed by atoms with E-state index < -0.39 is 11.7 Å². The van der Waals surface area contributed by atoms with Crippen molar-refractivity contribution in [2.24, 2.45) is 0 Å². The highest BCUT2D eigenvalue weighted by Crippen LogP contribution is 2.20. The predicted octanol–water partition coefficient (Wildman–Crippen LogP) is 3.53. The van der Waals surface area contributed by atoms with Crippen LogP contribution in [-0.2, 0) is 4.79 Å². The highest BCUT2D eigenvalue weighted by atomic mass is 32.1. The molecule has 150 valence electrons. The van der Waals surface area contributed by atoms with Crippen LogP contribution in [0.3, 0.4) is 0 Å². The lowest BCUT2D eigenvalue weighted by Gasteiger charge is -2.12. The zero-order valence-electron chi connectivity index (χ0n) is 15.9. The molecule has 7 nitrogen and oxygen atoms in total. The van der Waals surface area contributed by atoms with E-state index in [0.717, 1.165) is 11.3 Å². The van der Waals surface area contributed by atoms with Crippen molar-refractivity contribution in [1.29, 1.82) is 0 Å². The molecule has 29 heavy (non-hydrogen) atoms. The second kappa shape index (κ2) is 9.24. The average molecular weight is 413 g/mol. The minimum Gasteiger partial charge on any atom is -0.375 e. The van der Waals surface area contributed by atoms with Gasteiger partial charge in [-0.15, -0.1) is 11.3 Å². The molecule has 3 aromatic rings. The van der Waals surface area contributed by atoms with E-state index in [-0.39, 0.29) is 29.9 Å². The molecule has 0 saturated carbocycles. The number of benzene rings is 1. The van der Waals surface area contributed by atoms with Gasteiger partial charge in [0.05, 0.1) is 24.0 Å². The molecule has 2 heterocycles. The minimum atomic E-state index is -0.513. The maximum Gasteiger partial charge on any atom is 0.275 e. The maximum atomic E-state index is 13.8. The van der Waals surface area contributed by atoms with Crippen molar-refractivity contribution in [1.82, 2.24) is 15.3 Å². The molecular weight excluding hydrogens is 393 g/mol. The Balaban J connectivity index is 1.56. The summed E-state index contributed by atoms with van der Waals surface area (Å²) < 4.78 is 13.8. The van der Waals surface area contributed by atoms with Crippen LogP contribution in [0.5, 0.6) is 0 Å². The molecule has 0 aliphatic rings. The topological polar surface area (TPSA) is 96.0 Å². The summed E-state index contributed by atoms with van der Waals surface area (Å²) in [5, 5.41) is 10.5. The zero-order valence-corrected chi connectivity index (χ0v) is 16.7. The van der Waals surface area contributed by atoms with Gasteiger partial charge in [0, 0.05) is 17.8 Å². The molecule has 0 bridgehead atoms. The summed E-state index contributed by atoms with van der Waals surface area (Å²) in [5.41, 5.74) is 1.84. The largest absolute Gasteiger partial charge is 0.375 e. The van der Waals surface area contributed by atoms with Crippen molar-refractivity contribution in [2.45, 2.75) is 19.9 Å². The number of hydrogen-bond acceptors (Lipinski definition) is 6. The van der Waals surface area contributed by atoms with Crippen molar-refractivity contribution in [3.63, 3.8) is 0 Å². The standard InChI is InChI=1S/C20H20FN5O2S/c1-12-5-6-15(21)16(8-12)25-19(28)17-11-29-20(26-17)13(2)24-18(27)10-23-14-4-3-7-22-9-14/h3-9,11,13,23H,10H2,1-2H3,(H,24,27)(H,25,28)/t13-/m0/s1. The van der Waals surface area contributed by atoms with Gasteiger partial charge >= 0.3 is 0 Å². The molecule has 0 saturated heterocycles. The van der Waals surface area contributed by atoms with E-state index >= 15 is 0 Å². The molecule has 0 radical (unpaired) electrons. The minimum absolute atomic E-state index is 0.0847. The van der Waals surface area contributed by atoms with E-state index in [0.29, 0.717) is 5.01 Å². The van der Waals surface area contributed by atoms with Crippen molar-refractivity contribution >= 4 is 34.5 Å². The van der Waals surface area contributed by atoms with Crippen molar-refractivity contribution in [2.75, 3.05) is 17.2 Å². The first-order valence-electron chi connectivity index (χ1n) is 8.88. The molecule has 3 rings (SSSR count). The van der Waals surface area contributed by atoms with Gasteiger partial charge in [-0.05, 0) is 43.7 Å². The highest BCUT2D eigenvalue weighted by molar-refractivity contribution is 7.09. The Bertz CT molecular complexity index is 1010. The molecule has 1 atom stereocenters. The number of hydrogen-bond donors (Lipinski definition) is 3. The number of aromatic nitrogens is 2. The molecule has 0 spiro atoms. The van der Waals surface area contributed by atoms with E-state index in [1.165, 1.54) is 17.4 Å². The van der Waals surface area contributed by atoms with Crippen LogP contribution in [0, 0.1) is 12.7 Å². The maximum absolute atomic E-state index is 13.8. The number of thiazole rings is 1. The Morgan fingerprint density at radius 1 is 1.28 bits per heavy atom. The van der Waals surface area contributed by atoms with Gasteiger partial charge in [-0.1, -0.05) is 6.07 Å². The molecule has 0 fully saturated rings. The summed E-state index contributed by atoms with van der Waals surface area (Å²) in [7, 11) is 0. The Kier molecular flexibility index (Phi) is 6.50. The molecule has 9 heteroatoms. The molecule has 0 aliphatic carbocycles. The van der Waals surface area contributed by atoms with E-state index in [2.05, 4.69) is 25.9 Å². The van der Waals surface area contributed by atoms with E-state index in [4.69, 9.17) is 0 Å². The smallest absolute Gasteiger partial charge is 0.275 e. The Morgan fingerprint density at radius 2 is 2.10 bits per heavy atom. The SMILES string of the molecule is Cc1ccc(F)c(NC(=O)c2csc([C@H](C)NC(=O)CNc3cccnc3)n2)c1. The number of nitrogens with zero attached hydrogens (tertiary/aromatic N) is 2. The highest BCUT2D eigenvalue weighted by Gasteiger charge is 2.17. The van der Waals surface area contributed by atoms with Gasteiger partial charge in [-0.2, -0.15) is 0 Å². The monoisotopic (exact) mass is 413 g/mol. The number of anilines is 2. The summed E-state index contributed by atoms with van der Waals surface area (Å²) in [6.45, 7) is 3.67. The number of pyridine rings is 1. The summed E-state index contributed by atoms with van der Waals surface area (Å²) in [6, 6.07) is 7.69. The van der Waals surface area contributed by atoms with E-state index in [1.807, 2.05) is 13.0 Å². The van der Waals surface area contributed by atoms with Gasteiger partial charge in [-0.25, -0.2) is 9.37 Å². The van der Waals surface area contributed by atoms with Gasteiger partial charge in [0.15, 0.2) is 0 Å². The Morgan fingerprint density at radius 3 is 2.86 bits per heavy atom. The van der Waals surface area contributed by atoms with Crippen LogP contribution in [0.15, 0.2) is 48.1 Å². The normalized spacial score (nSPS) is 11.6. The summed E-state index contributed by atoms with van der Waals surface area (Å²) in [5.74, 6) is -1.24. The van der Waals surface area contributed by atoms with Gasteiger partial charge in [-0.3, -0.25) is 14.6 Å². The molecule has 0 aliphatic heterocycles. The quantitative estimate of drug-likeness (QED) is 0.551. The van der Waals surface area contributed by atoms with Crippen LogP contribution in [0.25, 0.3) is 0 Å². The number of amides is 2. The number of carbonyl (C=O) groups excluding carboxylic acids is 2. The zero-order chi connectivity index (χ0) is 20.8. The van der Waals surface area contributed by atoms with Crippen LogP contribution >= 0.6 is 11.3 Å². The fourth-order valence-electron chi connectivity index (χ4n) is 2.52. The Hall–Kier alpha value is -3.33. The van der Waals surface area contributed by atoms with Crippen LogP contribution < -0.4 is 16.0 Å². The molecular formula is C20H20FN5O2S. The first kappa shape index (κ1) is 20.4. The third-order valence-corrected chi connectivity index (χ3v) is 5.01. The Labute approximate surface area is 171 Å². The van der Waals surface area contributed by atoms with Gasteiger partial charge < -0.3 is 16.0 Å². The third-order valence-electron chi connectivity index (χ3n) is 3.99. The average Bonchev–Trinajstić information content (AvgIpc) is 3.20. The number of carbonyl (C=O) groups is 2. The second-order valence-electron chi connectivity index (χ2n) is 6.39. The lowest BCUT2D eigenvalue weighted by molar-refractivity contribution is -0.120. The van der Waals surface area contributed by atoms with Crippen molar-refractivity contribution < 1.29 is 14.0 Å². The molecule has 2 amide bonds. The van der Waals surface area contributed by atoms with Crippen molar-refractivity contribution in [3.8, 4) is 0 Å². The predicted molar refractivity (Wildman–Crippen MR) is 110 cm³/mol. The fourth-order valence-corrected chi connectivity index (χ4v) is 3.32. The van der Waals surface area contributed by atoms with E-state index in [9.17, 15) is 14.0 Å². The lowest BCUT2D eigenvalue weighted by Crippen LogP contribution is -2.32. The van der Waals surface area contributed by atoms with E-state index in [1.54, 1.807) is 42.9 Å². The third kappa shape index (κ3) is 5.58. The number of rotatable bonds is 7. The lowest BCUT2D eigenvalue weighted by atomic mass is 10.2. The van der Waals surface area contributed by atoms with Crippen LogP contribution in [0.2, 0.25) is 0 Å². The van der Waals surface area contributed by atoms with Gasteiger partial charge in [0.1, 0.15) is 16.5 Å². The summed E-state index contributed by atoms with van der Waals surface area (Å²) >= 11 is 1.25. The molecule has 1 aromatic carbocycles. The number of aryl methyl sites for hydroxylation is 1. The number of halogens is 1. The van der Waals surface area contributed by atoms with Gasteiger partial charge in [0.2, 0.25) is 5.91 Å². The first-order valence-corrected chi connectivity index (χ1v) is 9.76. The van der Waals surface area contributed by atoms with Crippen LogP contribution in [0.4, 0.5) is 15.8 Å². The van der Waals surface area contributed by atoms with Crippen LogP contribution in [0.1, 0.15) is 34.0 Å². The summed E-state index contributed by atoms with van der Waals surface area (Å²) in [4.78, 5) is 32.7. The first-order chi connectivity index (χ1) is 13.9. The second-order valence-corrected chi connectivity index (χ2v) is 7.28. The molecule has 3 N–H and O–H groups in total. The molecule has 2 aromatic heterocycles. The molecule has 0 unspecified atom stereocenters. The number of nitrogens with one attached hydrogen (secondary N) is 3. The summed E-state index contributed by atoms with van der Waals surface area (Å²) in [6.07, 6.45) is 3.27. The fraction of sp³-hybridized carbons (Fsp3) is 0.200. The van der Waals surface area contributed by atoms with Crippen molar-refractivity contribution in [3.05, 3.63) is 70.2 Å².